The topological polar surface area (TPSA) is 38.0 Å². The van der Waals surface area contributed by atoms with Gasteiger partial charge in [0.25, 0.3) is 0 Å². The minimum Gasteiger partial charge on any atom is -0.328 e. The van der Waals surface area contributed by atoms with Crippen molar-refractivity contribution in [2.24, 2.45) is 17.1 Å². The molecule has 3 N–H and O–H groups in total. The maximum Gasteiger partial charge on any atom is 0.00682 e. The molecule has 0 amide bonds. The van der Waals surface area contributed by atoms with Crippen LogP contribution >= 0.6 is 0 Å². The Morgan fingerprint density at radius 1 is 1.06 bits per heavy atom. The minimum absolute atomic E-state index is 0.473. The van der Waals surface area contributed by atoms with Gasteiger partial charge < -0.3 is 11.1 Å². The van der Waals surface area contributed by atoms with Crippen molar-refractivity contribution < 1.29 is 0 Å². The lowest BCUT2D eigenvalue weighted by Gasteiger charge is -2.29. The van der Waals surface area contributed by atoms with Gasteiger partial charge in [0, 0.05) is 12.1 Å². The molecule has 0 radical (unpaired) electrons. The van der Waals surface area contributed by atoms with Gasteiger partial charge in [-0.1, -0.05) is 13.8 Å². The normalized spacial score (nSPS) is 31.7. The molecule has 2 rings (SSSR count). The molecule has 0 bridgehead atoms. The molecule has 0 atom stereocenters. The molecule has 0 saturated heterocycles. The van der Waals surface area contributed by atoms with Crippen LogP contribution in [0.5, 0.6) is 0 Å². The average molecular weight is 224 g/mol. The van der Waals surface area contributed by atoms with Gasteiger partial charge in [-0.15, -0.1) is 0 Å². The highest BCUT2D eigenvalue weighted by Gasteiger charge is 2.37. The molecule has 2 saturated carbocycles. The van der Waals surface area contributed by atoms with E-state index in [1.165, 1.54) is 51.5 Å². The third-order valence-electron chi connectivity index (χ3n) is 4.66. The summed E-state index contributed by atoms with van der Waals surface area (Å²) in [4.78, 5) is 0. The van der Waals surface area contributed by atoms with Gasteiger partial charge in [0.1, 0.15) is 0 Å². The molecule has 2 aliphatic carbocycles. The Kier molecular flexibility index (Phi) is 3.91. The Morgan fingerprint density at radius 2 is 1.69 bits per heavy atom. The Labute approximate surface area is 100 Å². The Bertz CT molecular complexity index is 213. The van der Waals surface area contributed by atoms with Gasteiger partial charge in [0.2, 0.25) is 0 Å². The van der Waals surface area contributed by atoms with Crippen molar-refractivity contribution in [3.05, 3.63) is 0 Å². The summed E-state index contributed by atoms with van der Waals surface area (Å²) in [5.41, 5.74) is 6.48. The Balaban J connectivity index is 1.60. The summed E-state index contributed by atoms with van der Waals surface area (Å²) in [6, 6.07) is 1.22. The summed E-state index contributed by atoms with van der Waals surface area (Å²) < 4.78 is 0. The molecule has 16 heavy (non-hydrogen) atoms. The van der Waals surface area contributed by atoms with Gasteiger partial charge in [-0.2, -0.15) is 0 Å². The summed E-state index contributed by atoms with van der Waals surface area (Å²) in [6.45, 7) is 6.07. The molecule has 94 valence electrons. The van der Waals surface area contributed by atoms with E-state index in [-0.39, 0.29) is 0 Å². The Morgan fingerprint density at radius 3 is 2.25 bits per heavy atom. The van der Waals surface area contributed by atoms with Crippen molar-refractivity contribution in [3.8, 4) is 0 Å². The Hall–Kier alpha value is -0.0800. The molecule has 2 aliphatic rings. The molecule has 0 aliphatic heterocycles. The first-order chi connectivity index (χ1) is 7.58. The third kappa shape index (κ3) is 3.46. The van der Waals surface area contributed by atoms with Crippen LogP contribution in [0.3, 0.4) is 0 Å². The first-order valence-electron chi connectivity index (χ1n) is 7.07. The van der Waals surface area contributed by atoms with Crippen LogP contribution < -0.4 is 11.1 Å². The minimum atomic E-state index is 0.473. The zero-order chi connectivity index (χ0) is 11.6. The van der Waals surface area contributed by atoms with Gasteiger partial charge >= 0.3 is 0 Å². The predicted molar refractivity (Wildman–Crippen MR) is 69.4 cm³/mol. The van der Waals surface area contributed by atoms with Crippen LogP contribution in [-0.2, 0) is 0 Å². The third-order valence-corrected chi connectivity index (χ3v) is 4.66. The van der Waals surface area contributed by atoms with E-state index in [4.69, 9.17) is 5.73 Å². The molecular formula is C14H28N2. The predicted octanol–water partition coefficient (Wildman–Crippen LogP) is 2.67. The van der Waals surface area contributed by atoms with Crippen molar-refractivity contribution in [1.82, 2.24) is 5.32 Å². The molecule has 0 spiro atoms. The van der Waals surface area contributed by atoms with Crippen LogP contribution in [0.4, 0.5) is 0 Å². The van der Waals surface area contributed by atoms with Crippen LogP contribution in [0, 0.1) is 11.3 Å². The highest BCUT2D eigenvalue weighted by Crippen LogP contribution is 2.46. The highest BCUT2D eigenvalue weighted by molar-refractivity contribution is 4.88. The maximum absolute atomic E-state index is 5.92. The molecular weight excluding hydrogens is 196 g/mol. The number of nitrogens with one attached hydrogen (secondary N) is 1. The van der Waals surface area contributed by atoms with Crippen molar-refractivity contribution in [2.45, 2.75) is 70.9 Å². The van der Waals surface area contributed by atoms with E-state index in [9.17, 15) is 0 Å². The first kappa shape index (κ1) is 12.4. The summed E-state index contributed by atoms with van der Waals surface area (Å²) in [5.74, 6) is 1.01. The van der Waals surface area contributed by atoms with E-state index in [2.05, 4.69) is 19.2 Å². The second kappa shape index (κ2) is 5.05. The van der Waals surface area contributed by atoms with E-state index < -0.39 is 0 Å². The fraction of sp³-hybridized carbons (Fsp3) is 1.00. The fourth-order valence-electron chi connectivity index (χ4n) is 2.99. The van der Waals surface area contributed by atoms with Gasteiger partial charge in [-0.3, -0.25) is 0 Å². The van der Waals surface area contributed by atoms with Crippen molar-refractivity contribution in [1.29, 1.82) is 0 Å². The largest absolute Gasteiger partial charge is 0.328 e. The van der Waals surface area contributed by atoms with Crippen molar-refractivity contribution in [3.63, 3.8) is 0 Å². The molecule has 2 fully saturated rings. The average Bonchev–Trinajstić information content (AvgIpc) is 3.04. The van der Waals surface area contributed by atoms with Gasteiger partial charge in [0.05, 0.1) is 0 Å². The molecule has 0 heterocycles. The van der Waals surface area contributed by atoms with E-state index >= 15 is 0 Å². The molecule has 2 heteroatoms. The van der Waals surface area contributed by atoms with Crippen LogP contribution in [0.25, 0.3) is 0 Å². The molecule has 0 unspecified atom stereocenters. The lowest BCUT2D eigenvalue weighted by Crippen LogP contribution is -2.38. The van der Waals surface area contributed by atoms with Crippen LogP contribution in [0.2, 0.25) is 0 Å². The molecule has 0 aromatic rings. The monoisotopic (exact) mass is 224 g/mol. The van der Waals surface area contributed by atoms with Crippen molar-refractivity contribution in [2.75, 3.05) is 6.54 Å². The summed E-state index contributed by atoms with van der Waals surface area (Å²) in [5, 5.41) is 3.73. The maximum atomic E-state index is 5.92. The van der Waals surface area contributed by atoms with E-state index in [0.717, 1.165) is 12.0 Å². The first-order valence-corrected chi connectivity index (χ1v) is 7.07. The van der Waals surface area contributed by atoms with E-state index in [0.29, 0.717) is 11.5 Å². The number of hydrogen-bond donors (Lipinski definition) is 2. The van der Waals surface area contributed by atoms with Crippen molar-refractivity contribution >= 4 is 0 Å². The fourth-order valence-corrected chi connectivity index (χ4v) is 2.99. The molecule has 2 nitrogen and oxygen atoms in total. The second-order valence-electron chi connectivity index (χ2n) is 6.58. The van der Waals surface area contributed by atoms with Crippen LogP contribution in [0.1, 0.15) is 58.8 Å². The smallest absolute Gasteiger partial charge is 0.00682 e. The number of rotatable bonds is 5. The second-order valence-corrected chi connectivity index (χ2v) is 6.58. The summed E-state index contributed by atoms with van der Waals surface area (Å²) in [6.07, 6.45) is 9.25. The lowest BCUT2D eigenvalue weighted by molar-refractivity contribution is 0.261. The summed E-state index contributed by atoms with van der Waals surface area (Å²) in [7, 11) is 0. The SMILES string of the molecule is CC(C)(CCNC1CCC(N)CC1)C1CC1. The quantitative estimate of drug-likeness (QED) is 0.753. The van der Waals surface area contributed by atoms with Gasteiger partial charge in [-0.25, -0.2) is 0 Å². The van der Waals surface area contributed by atoms with E-state index in [1.807, 2.05) is 0 Å². The number of nitrogens with two attached hydrogens (primary N) is 1. The summed E-state index contributed by atoms with van der Waals surface area (Å²) >= 11 is 0. The van der Waals surface area contributed by atoms with Gasteiger partial charge in [0.15, 0.2) is 0 Å². The highest BCUT2D eigenvalue weighted by atomic mass is 14.9. The zero-order valence-corrected chi connectivity index (χ0v) is 11.0. The van der Waals surface area contributed by atoms with Crippen LogP contribution in [0.15, 0.2) is 0 Å². The standard InChI is InChI=1S/C14H28N2/c1-14(2,11-3-4-11)9-10-16-13-7-5-12(15)6-8-13/h11-13,16H,3-10,15H2,1-2H3. The molecule has 0 aromatic heterocycles. The lowest BCUT2D eigenvalue weighted by atomic mass is 9.83. The number of hydrogen-bond acceptors (Lipinski definition) is 2. The van der Waals surface area contributed by atoms with E-state index in [1.54, 1.807) is 0 Å². The van der Waals surface area contributed by atoms with Gasteiger partial charge in [-0.05, 0) is 62.8 Å². The van der Waals surface area contributed by atoms with Crippen LogP contribution in [-0.4, -0.2) is 18.6 Å². The molecule has 0 aromatic carbocycles. The zero-order valence-electron chi connectivity index (χ0n) is 11.0.